The van der Waals surface area contributed by atoms with Crippen LogP contribution < -0.4 is 0 Å². The Labute approximate surface area is 309 Å². The zero-order chi connectivity index (χ0) is 34.6. The fraction of sp³-hybridized carbons (Fsp3) is 0.389. The van der Waals surface area contributed by atoms with Crippen LogP contribution in [-0.2, 0) is 57.5 Å². The van der Waals surface area contributed by atoms with Crippen molar-refractivity contribution in [2.75, 3.05) is 55.4 Å². The van der Waals surface area contributed by atoms with E-state index < -0.39 is 20.0 Å². The summed E-state index contributed by atoms with van der Waals surface area (Å²) in [5.74, 6) is -0.181. The lowest BCUT2D eigenvalue weighted by molar-refractivity contribution is 0.414. The Morgan fingerprint density at radius 2 is 0.860 bits per heavy atom. The molecular weight excluding hydrogens is 715 g/mol. The van der Waals surface area contributed by atoms with Gasteiger partial charge < -0.3 is 19.8 Å². The molecule has 274 valence electrons. The Hall–Kier alpha value is -2.94. The summed E-state index contributed by atoms with van der Waals surface area (Å²) in [7, 11) is 4.18. The molecule has 0 amide bonds. The third kappa shape index (κ3) is 10.5. The largest absolute Gasteiger partial charge is 0.361 e. The Kier molecular flexibility index (Phi) is 14.5. The zero-order valence-electron chi connectivity index (χ0n) is 29.6. The normalized spacial score (nSPS) is 12.4. The molecule has 0 aliphatic heterocycles. The number of hydrogen-bond acceptors (Lipinski definition) is 6. The summed E-state index contributed by atoms with van der Waals surface area (Å²) < 4.78 is 56.0. The number of H-pyrrole nitrogens is 2. The minimum atomic E-state index is -3.58. The van der Waals surface area contributed by atoms with Crippen molar-refractivity contribution in [2.45, 2.75) is 37.4 Å². The maximum Gasteiger partial charge on any atom is 0.218 e. The molecule has 0 atom stereocenters. The highest BCUT2D eigenvalue weighted by molar-refractivity contribution is 7.88. The Morgan fingerprint density at radius 3 is 1.20 bits per heavy atom. The van der Waals surface area contributed by atoms with Crippen LogP contribution in [0.1, 0.15) is 33.4 Å². The van der Waals surface area contributed by atoms with Crippen molar-refractivity contribution in [1.29, 1.82) is 0 Å². The molecule has 0 unspecified atom stereocenters. The maximum absolute atomic E-state index is 13.3. The van der Waals surface area contributed by atoms with Gasteiger partial charge in [0.2, 0.25) is 20.0 Å². The van der Waals surface area contributed by atoms with E-state index in [-0.39, 0.29) is 49.4 Å². The van der Waals surface area contributed by atoms with Crippen LogP contribution in [0.3, 0.4) is 0 Å². The van der Waals surface area contributed by atoms with Gasteiger partial charge in [0.05, 0.1) is 11.5 Å². The van der Waals surface area contributed by atoms with Crippen molar-refractivity contribution in [3.63, 3.8) is 0 Å². The van der Waals surface area contributed by atoms with Crippen LogP contribution in [-0.4, -0.2) is 101 Å². The molecule has 3 aromatic carbocycles. The molecule has 0 fully saturated rings. The molecule has 50 heavy (non-hydrogen) atoms. The summed E-state index contributed by atoms with van der Waals surface area (Å²) >= 11 is 0. The van der Waals surface area contributed by atoms with Crippen molar-refractivity contribution in [3.05, 3.63) is 106 Å². The first kappa shape index (κ1) is 41.5. The standard InChI is InChI=1S/C36H48N6O4S2.2ClH/c1-39(2)17-15-31-21-37-35-13-11-29(19-33(31)35)25-47(43,44)41(5)23-27-7-9-28(10-8-27)24-42(6)48(45,46)26-30-12-14-36-34(20-30)32(22-38-36)16-18-40(3)4;;/h7-14,19-22,37-38H,15-18,23-26H2,1-6H3;2*1H. The maximum atomic E-state index is 13.3. The molecule has 0 radical (unpaired) electrons. The second-order valence-electron chi connectivity index (χ2n) is 13.3. The number of halogens is 2. The minimum Gasteiger partial charge on any atom is -0.361 e. The number of hydrogen-bond donors (Lipinski definition) is 2. The predicted octanol–water partition coefficient (Wildman–Crippen LogP) is 5.62. The van der Waals surface area contributed by atoms with E-state index in [9.17, 15) is 16.8 Å². The lowest BCUT2D eigenvalue weighted by Gasteiger charge is -2.19. The average Bonchev–Trinajstić information content (AvgIpc) is 3.62. The number of fused-ring (bicyclic) bond motifs is 2. The number of aromatic amines is 2. The van der Waals surface area contributed by atoms with Crippen LogP contribution in [0.5, 0.6) is 0 Å². The molecule has 0 aliphatic rings. The number of benzene rings is 3. The fourth-order valence-corrected chi connectivity index (χ4v) is 8.17. The summed E-state index contributed by atoms with van der Waals surface area (Å²) in [6, 6.07) is 19.0. The summed E-state index contributed by atoms with van der Waals surface area (Å²) in [6.45, 7) is 2.25. The van der Waals surface area contributed by atoms with Gasteiger partial charge in [0.1, 0.15) is 0 Å². The van der Waals surface area contributed by atoms with Crippen molar-refractivity contribution >= 4 is 66.7 Å². The third-order valence-electron chi connectivity index (χ3n) is 8.80. The predicted molar refractivity (Wildman–Crippen MR) is 210 cm³/mol. The highest BCUT2D eigenvalue weighted by atomic mass is 35.5. The number of rotatable bonds is 16. The zero-order valence-corrected chi connectivity index (χ0v) is 32.9. The molecule has 0 spiro atoms. The van der Waals surface area contributed by atoms with Gasteiger partial charge in [0.15, 0.2) is 0 Å². The van der Waals surface area contributed by atoms with Crippen molar-refractivity contribution in [3.8, 4) is 0 Å². The third-order valence-corrected chi connectivity index (χ3v) is 12.4. The fourth-order valence-electron chi connectivity index (χ4n) is 5.84. The number of nitrogens with zero attached hydrogens (tertiary/aromatic N) is 4. The topological polar surface area (TPSA) is 113 Å². The van der Waals surface area contributed by atoms with Crippen LogP contribution in [0.25, 0.3) is 21.8 Å². The van der Waals surface area contributed by atoms with Crippen molar-refractivity contribution < 1.29 is 16.8 Å². The van der Waals surface area contributed by atoms with Crippen LogP contribution in [0, 0.1) is 0 Å². The van der Waals surface area contributed by atoms with Gasteiger partial charge in [-0.25, -0.2) is 25.4 Å². The number of likely N-dealkylation sites (N-methyl/N-ethyl adjacent to an activating group) is 2. The van der Waals surface area contributed by atoms with Crippen molar-refractivity contribution in [2.24, 2.45) is 0 Å². The smallest absolute Gasteiger partial charge is 0.218 e. The Balaban J connectivity index is 0.00000338. The van der Waals surface area contributed by atoms with E-state index in [2.05, 4.69) is 19.8 Å². The molecule has 0 saturated heterocycles. The lowest BCUT2D eigenvalue weighted by Crippen LogP contribution is -2.28. The molecule has 5 aromatic rings. The monoisotopic (exact) mass is 764 g/mol. The molecule has 14 heteroatoms. The number of sulfonamides is 2. The summed E-state index contributed by atoms with van der Waals surface area (Å²) in [5.41, 5.74) is 7.49. The van der Waals surface area contributed by atoms with E-state index in [1.807, 2.05) is 101 Å². The van der Waals surface area contributed by atoms with Gasteiger partial charge in [-0.1, -0.05) is 36.4 Å². The molecule has 2 aromatic heterocycles. The minimum absolute atomic E-state index is 0. The van der Waals surface area contributed by atoms with Crippen LogP contribution in [0.4, 0.5) is 0 Å². The first-order chi connectivity index (χ1) is 22.7. The van der Waals surface area contributed by atoms with Gasteiger partial charge in [0.25, 0.3) is 0 Å². The van der Waals surface area contributed by atoms with Crippen molar-refractivity contribution in [1.82, 2.24) is 28.4 Å². The SMILES string of the molecule is CN(C)CCc1c[nH]c2ccc(CS(=O)(=O)N(C)Cc3ccc(CN(C)S(=O)(=O)Cc4ccc5[nH]cc(CCN(C)C)c5c4)cc3)cc12.Cl.Cl. The first-order valence-electron chi connectivity index (χ1n) is 16.1. The summed E-state index contributed by atoms with van der Waals surface area (Å²) in [6.07, 6.45) is 5.76. The highest BCUT2D eigenvalue weighted by Gasteiger charge is 2.22. The van der Waals surface area contributed by atoms with Gasteiger partial charge in [0, 0.05) is 74.5 Å². The molecule has 0 saturated carbocycles. The molecule has 0 bridgehead atoms. The lowest BCUT2D eigenvalue weighted by atomic mass is 10.1. The summed E-state index contributed by atoms with van der Waals surface area (Å²) in [5, 5.41) is 2.11. The van der Waals surface area contributed by atoms with Gasteiger partial charge >= 0.3 is 0 Å². The van der Waals surface area contributed by atoms with Gasteiger partial charge in [-0.15, -0.1) is 24.8 Å². The second-order valence-corrected chi connectivity index (χ2v) is 17.5. The van der Waals surface area contributed by atoms with E-state index in [0.29, 0.717) is 0 Å². The van der Waals surface area contributed by atoms with E-state index in [1.165, 1.54) is 19.7 Å². The molecule has 0 aliphatic carbocycles. The molecule has 2 heterocycles. The van der Waals surface area contributed by atoms with E-state index in [1.54, 1.807) is 14.1 Å². The van der Waals surface area contributed by atoms with E-state index in [4.69, 9.17) is 0 Å². The van der Waals surface area contributed by atoms with Gasteiger partial charge in [-0.2, -0.15) is 0 Å². The van der Waals surface area contributed by atoms with Crippen LogP contribution >= 0.6 is 24.8 Å². The Bertz CT molecular complexity index is 1930. The highest BCUT2D eigenvalue weighted by Crippen LogP contribution is 2.24. The summed E-state index contributed by atoms with van der Waals surface area (Å²) in [4.78, 5) is 10.8. The van der Waals surface area contributed by atoms with Crippen LogP contribution in [0.2, 0.25) is 0 Å². The molecular formula is C36H50Cl2N6O4S2. The first-order valence-corrected chi connectivity index (χ1v) is 19.3. The number of aromatic nitrogens is 2. The Morgan fingerprint density at radius 1 is 0.520 bits per heavy atom. The van der Waals surface area contributed by atoms with Crippen LogP contribution in [0.15, 0.2) is 73.1 Å². The van der Waals surface area contributed by atoms with Gasteiger partial charge in [-0.05, 0) is 98.7 Å². The number of nitrogens with one attached hydrogen (secondary N) is 2. The average molecular weight is 766 g/mol. The molecule has 10 nitrogen and oxygen atoms in total. The molecule has 5 rings (SSSR count). The van der Waals surface area contributed by atoms with Gasteiger partial charge in [-0.3, -0.25) is 0 Å². The molecule has 2 N–H and O–H groups in total. The quantitative estimate of drug-likeness (QED) is 0.135. The second kappa shape index (κ2) is 17.5. The van der Waals surface area contributed by atoms with E-state index >= 15 is 0 Å². The van der Waals surface area contributed by atoms with E-state index in [0.717, 1.165) is 70.0 Å².